The Morgan fingerprint density at radius 3 is 2.71 bits per heavy atom. The van der Waals surface area contributed by atoms with E-state index in [1.54, 1.807) is 12.3 Å². The Morgan fingerprint density at radius 1 is 1.47 bits per heavy atom. The predicted octanol–water partition coefficient (Wildman–Crippen LogP) is 2.50. The first kappa shape index (κ1) is 12.5. The normalized spacial score (nSPS) is 18.2. The van der Waals surface area contributed by atoms with Crippen LogP contribution in [0.5, 0.6) is 0 Å². The zero-order valence-electron chi connectivity index (χ0n) is 9.40. The Morgan fingerprint density at radius 2 is 2.18 bits per heavy atom. The van der Waals surface area contributed by atoms with Gasteiger partial charge in [-0.3, -0.25) is 15.1 Å². The molecule has 1 aromatic rings. The van der Waals surface area contributed by atoms with Crippen LogP contribution in [0.4, 0.5) is 0 Å². The SMILES string of the molecule is O=C(O)C(NC1CCCC1)c1ccc(Br)cn1. The van der Waals surface area contributed by atoms with Crippen LogP contribution in [-0.4, -0.2) is 22.1 Å². The van der Waals surface area contributed by atoms with Crippen molar-refractivity contribution in [3.63, 3.8) is 0 Å². The summed E-state index contributed by atoms with van der Waals surface area (Å²) in [5, 5.41) is 12.4. The summed E-state index contributed by atoms with van der Waals surface area (Å²) in [6.45, 7) is 0. The van der Waals surface area contributed by atoms with Crippen molar-refractivity contribution in [2.24, 2.45) is 0 Å². The number of halogens is 1. The summed E-state index contributed by atoms with van der Waals surface area (Å²) >= 11 is 3.29. The lowest BCUT2D eigenvalue weighted by Gasteiger charge is -2.18. The quantitative estimate of drug-likeness (QED) is 0.896. The number of rotatable bonds is 4. The first-order chi connectivity index (χ1) is 8.16. The van der Waals surface area contributed by atoms with E-state index in [-0.39, 0.29) is 0 Å². The Hall–Kier alpha value is -0.940. The molecule has 0 amide bonds. The van der Waals surface area contributed by atoms with Crippen LogP contribution in [0, 0.1) is 0 Å². The third kappa shape index (κ3) is 3.26. The second kappa shape index (κ2) is 5.60. The second-order valence-electron chi connectivity index (χ2n) is 4.32. The van der Waals surface area contributed by atoms with E-state index >= 15 is 0 Å². The zero-order chi connectivity index (χ0) is 12.3. The maximum absolute atomic E-state index is 11.3. The van der Waals surface area contributed by atoms with Gasteiger partial charge in [0.1, 0.15) is 6.04 Å². The van der Waals surface area contributed by atoms with Crippen molar-refractivity contribution >= 4 is 21.9 Å². The number of nitrogens with one attached hydrogen (secondary N) is 1. The fourth-order valence-corrected chi connectivity index (χ4v) is 2.40. The number of carboxylic acid groups (broad SMARTS) is 1. The third-order valence-corrected chi connectivity index (χ3v) is 3.52. The summed E-state index contributed by atoms with van der Waals surface area (Å²) in [6, 6.07) is 3.16. The monoisotopic (exact) mass is 298 g/mol. The highest BCUT2D eigenvalue weighted by atomic mass is 79.9. The van der Waals surface area contributed by atoms with Crippen molar-refractivity contribution in [2.75, 3.05) is 0 Å². The van der Waals surface area contributed by atoms with E-state index in [0.29, 0.717) is 11.7 Å². The zero-order valence-corrected chi connectivity index (χ0v) is 11.0. The number of hydrogen-bond acceptors (Lipinski definition) is 3. The molecule has 1 atom stereocenters. The van der Waals surface area contributed by atoms with Crippen LogP contribution in [-0.2, 0) is 4.79 Å². The molecule has 0 radical (unpaired) electrons. The largest absolute Gasteiger partial charge is 0.480 e. The summed E-state index contributed by atoms with van der Waals surface area (Å²) in [4.78, 5) is 15.4. The summed E-state index contributed by atoms with van der Waals surface area (Å²) in [7, 11) is 0. The fraction of sp³-hybridized carbons (Fsp3) is 0.500. The smallest absolute Gasteiger partial charge is 0.326 e. The molecule has 1 saturated carbocycles. The van der Waals surface area contributed by atoms with E-state index in [2.05, 4.69) is 26.2 Å². The molecule has 2 rings (SSSR count). The minimum absolute atomic E-state index is 0.307. The molecule has 92 valence electrons. The van der Waals surface area contributed by atoms with E-state index in [4.69, 9.17) is 0 Å². The molecule has 2 N–H and O–H groups in total. The molecular weight excluding hydrogens is 284 g/mol. The van der Waals surface area contributed by atoms with Crippen molar-refractivity contribution in [3.8, 4) is 0 Å². The van der Waals surface area contributed by atoms with Crippen molar-refractivity contribution in [3.05, 3.63) is 28.5 Å². The first-order valence-electron chi connectivity index (χ1n) is 5.77. The van der Waals surface area contributed by atoms with Gasteiger partial charge in [0.2, 0.25) is 0 Å². The number of aliphatic carboxylic acids is 1. The minimum atomic E-state index is -0.869. The highest BCUT2D eigenvalue weighted by Crippen LogP contribution is 2.22. The van der Waals surface area contributed by atoms with Gasteiger partial charge in [-0.2, -0.15) is 0 Å². The molecule has 4 nitrogen and oxygen atoms in total. The van der Waals surface area contributed by atoms with Gasteiger partial charge >= 0.3 is 5.97 Å². The Labute approximate surface area is 109 Å². The van der Waals surface area contributed by atoms with Crippen LogP contribution in [0.25, 0.3) is 0 Å². The van der Waals surface area contributed by atoms with Gasteiger partial charge in [-0.25, -0.2) is 0 Å². The van der Waals surface area contributed by atoms with Crippen LogP contribution in [0.2, 0.25) is 0 Å². The van der Waals surface area contributed by atoms with Gasteiger partial charge in [-0.15, -0.1) is 0 Å². The molecule has 0 spiro atoms. The van der Waals surface area contributed by atoms with E-state index in [0.717, 1.165) is 17.3 Å². The van der Waals surface area contributed by atoms with Gasteiger partial charge in [-0.05, 0) is 40.9 Å². The maximum atomic E-state index is 11.3. The van der Waals surface area contributed by atoms with Crippen molar-refractivity contribution < 1.29 is 9.90 Å². The van der Waals surface area contributed by atoms with Gasteiger partial charge in [0, 0.05) is 16.7 Å². The molecule has 17 heavy (non-hydrogen) atoms. The molecule has 1 fully saturated rings. The van der Waals surface area contributed by atoms with Crippen molar-refractivity contribution in [2.45, 2.75) is 37.8 Å². The summed E-state index contributed by atoms with van der Waals surface area (Å²) in [5.41, 5.74) is 0.563. The molecule has 1 aliphatic carbocycles. The van der Waals surface area contributed by atoms with Crippen LogP contribution >= 0.6 is 15.9 Å². The maximum Gasteiger partial charge on any atom is 0.326 e. The van der Waals surface area contributed by atoms with Crippen LogP contribution < -0.4 is 5.32 Å². The Kier molecular flexibility index (Phi) is 4.12. The predicted molar refractivity (Wildman–Crippen MR) is 67.7 cm³/mol. The number of hydrogen-bond donors (Lipinski definition) is 2. The standard InChI is InChI=1S/C12H15BrN2O2/c13-8-5-6-10(14-7-8)11(12(16)17)15-9-3-1-2-4-9/h5-7,9,11,15H,1-4H2,(H,16,17). The van der Waals surface area contributed by atoms with Crippen LogP contribution in [0.15, 0.2) is 22.8 Å². The van der Waals surface area contributed by atoms with Crippen molar-refractivity contribution in [1.29, 1.82) is 0 Å². The summed E-state index contributed by atoms with van der Waals surface area (Å²) in [6.07, 6.45) is 6.10. The molecule has 1 unspecified atom stereocenters. The molecule has 1 aliphatic rings. The number of carbonyl (C=O) groups is 1. The number of aromatic nitrogens is 1. The van der Waals surface area contributed by atoms with Gasteiger partial charge in [0.05, 0.1) is 5.69 Å². The van der Waals surface area contributed by atoms with Gasteiger partial charge in [0.15, 0.2) is 0 Å². The minimum Gasteiger partial charge on any atom is -0.480 e. The molecule has 0 aromatic carbocycles. The molecule has 0 saturated heterocycles. The number of pyridine rings is 1. The first-order valence-corrected chi connectivity index (χ1v) is 6.56. The second-order valence-corrected chi connectivity index (χ2v) is 5.24. The Bertz CT molecular complexity index is 388. The summed E-state index contributed by atoms with van der Waals surface area (Å²) < 4.78 is 0.853. The van der Waals surface area contributed by atoms with Gasteiger partial charge in [-0.1, -0.05) is 12.8 Å². The molecule has 0 bridgehead atoms. The molecule has 0 aliphatic heterocycles. The average molecular weight is 299 g/mol. The number of nitrogens with zero attached hydrogens (tertiary/aromatic N) is 1. The van der Waals surface area contributed by atoms with Crippen LogP contribution in [0.1, 0.15) is 37.4 Å². The molecule has 1 aromatic heterocycles. The third-order valence-electron chi connectivity index (χ3n) is 3.05. The fourth-order valence-electron chi connectivity index (χ4n) is 2.17. The lowest BCUT2D eigenvalue weighted by Crippen LogP contribution is -2.35. The molecule has 5 heteroatoms. The highest BCUT2D eigenvalue weighted by Gasteiger charge is 2.26. The topological polar surface area (TPSA) is 62.2 Å². The lowest BCUT2D eigenvalue weighted by molar-refractivity contribution is -0.140. The van der Waals surface area contributed by atoms with E-state index in [1.165, 1.54) is 12.8 Å². The molecular formula is C12H15BrN2O2. The Balaban J connectivity index is 2.10. The lowest BCUT2D eigenvalue weighted by atomic mass is 10.1. The highest BCUT2D eigenvalue weighted by molar-refractivity contribution is 9.10. The number of carboxylic acids is 1. The van der Waals surface area contributed by atoms with E-state index in [1.807, 2.05) is 6.07 Å². The average Bonchev–Trinajstić information content (AvgIpc) is 2.80. The van der Waals surface area contributed by atoms with E-state index < -0.39 is 12.0 Å². The van der Waals surface area contributed by atoms with Gasteiger partial charge < -0.3 is 5.11 Å². The van der Waals surface area contributed by atoms with Crippen molar-refractivity contribution in [1.82, 2.24) is 10.3 Å². The van der Waals surface area contributed by atoms with Gasteiger partial charge in [0.25, 0.3) is 0 Å². The van der Waals surface area contributed by atoms with Crippen LogP contribution in [0.3, 0.4) is 0 Å². The molecule has 1 heterocycles. The van der Waals surface area contributed by atoms with E-state index in [9.17, 15) is 9.90 Å². The summed E-state index contributed by atoms with van der Waals surface area (Å²) in [5.74, 6) is -0.869.